The number of aromatic nitrogens is 3. The Morgan fingerprint density at radius 2 is 1.66 bits per heavy atom. The number of ether oxygens (including phenoxy) is 1. The number of rotatable bonds is 8. The first-order chi connectivity index (χ1) is 16.9. The van der Waals surface area contributed by atoms with Crippen molar-refractivity contribution >= 4 is 23.4 Å². The summed E-state index contributed by atoms with van der Waals surface area (Å²) in [5.74, 6) is 1.95. The highest BCUT2D eigenvalue weighted by Gasteiger charge is 2.20. The quantitative estimate of drug-likeness (QED) is 0.291. The summed E-state index contributed by atoms with van der Waals surface area (Å²) in [5, 5.41) is 12.7. The van der Waals surface area contributed by atoms with E-state index in [1.807, 2.05) is 73.0 Å². The van der Waals surface area contributed by atoms with Crippen molar-refractivity contribution in [2.45, 2.75) is 38.8 Å². The second kappa shape index (κ2) is 10.8. The predicted molar refractivity (Wildman–Crippen MR) is 143 cm³/mol. The van der Waals surface area contributed by atoms with Gasteiger partial charge in [0.1, 0.15) is 5.75 Å². The number of methoxy groups -OCH3 is 1. The van der Waals surface area contributed by atoms with Gasteiger partial charge < -0.3 is 10.1 Å². The molecule has 6 nitrogen and oxygen atoms in total. The molecule has 0 aliphatic carbocycles. The number of thioether (sulfide) groups is 1. The SMILES string of the molecule is COc1ccc(-c2nnc(SCC(=O)Nc3c(C)cccc3C)n2-c2ccccc2C(C)C)cc1. The van der Waals surface area contributed by atoms with E-state index in [4.69, 9.17) is 4.74 Å². The summed E-state index contributed by atoms with van der Waals surface area (Å²) >= 11 is 1.38. The fourth-order valence-electron chi connectivity index (χ4n) is 4.00. The van der Waals surface area contributed by atoms with E-state index in [0.717, 1.165) is 39.6 Å². The van der Waals surface area contributed by atoms with Crippen molar-refractivity contribution in [2.24, 2.45) is 0 Å². The standard InChI is InChI=1S/C28H30N4O2S/c1-18(2)23-11-6-7-12-24(23)32-27(21-13-15-22(34-5)16-14-21)30-31-28(32)35-17-25(33)29-26-19(3)9-8-10-20(26)4/h6-16,18H,17H2,1-5H3,(H,29,33). The summed E-state index contributed by atoms with van der Waals surface area (Å²) in [7, 11) is 1.65. The average Bonchev–Trinajstić information content (AvgIpc) is 3.29. The summed E-state index contributed by atoms with van der Waals surface area (Å²) < 4.78 is 7.36. The molecule has 0 saturated carbocycles. The zero-order valence-corrected chi connectivity index (χ0v) is 21.5. The summed E-state index contributed by atoms with van der Waals surface area (Å²) in [6.07, 6.45) is 0. The second-order valence-electron chi connectivity index (χ2n) is 8.69. The lowest BCUT2D eigenvalue weighted by molar-refractivity contribution is -0.113. The van der Waals surface area contributed by atoms with Gasteiger partial charge in [0.05, 0.1) is 18.6 Å². The molecule has 0 radical (unpaired) electrons. The molecule has 0 aliphatic rings. The molecule has 3 aromatic carbocycles. The van der Waals surface area contributed by atoms with Gasteiger partial charge in [-0.15, -0.1) is 10.2 Å². The maximum Gasteiger partial charge on any atom is 0.234 e. The van der Waals surface area contributed by atoms with Crippen LogP contribution in [0.15, 0.2) is 71.9 Å². The average molecular weight is 487 g/mol. The van der Waals surface area contributed by atoms with Crippen LogP contribution in [0.4, 0.5) is 5.69 Å². The molecule has 0 aliphatic heterocycles. The molecule has 4 aromatic rings. The van der Waals surface area contributed by atoms with Gasteiger partial charge in [-0.25, -0.2) is 0 Å². The van der Waals surface area contributed by atoms with E-state index in [-0.39, 0.29) is 11.7 Å². The summed E-state index contributed by atoms with van der Waals surface area (Å²) in [4.78, 5) is 12.9. The maximum atomic E-state index is 12.9. The molecule has 1 amide bonds. The van der Waals surface area contributed by atoms with Gasteiger partial charge in [0.25, 0.3) is 0 Å². The molecular weight excluding hydrogens is 456 g/mol. The van der Waals surface area contributed by atoms with Crippen LogP contribution in [0.25, 0.3) is 17.1 Å². The number of amides is 1. The smallest absolute Gasteiger partial charge is 0.234 e. The lowest BCUT2D eigenvalue weighted by Crippen LogP contribution is -2.16. The zero-order valence-electron chi connectivity index (χ0n) is 20.7. The van der Waals surface area contributed by atoms with Gasteiger partial charge in [-0.1, -0.05) is 62.0 Å². The van der Waals surface area contributed by atoms with Crippen LogP contribution in [0.1, 0.15) is 36.5 Å². The molecule has 0 unspecified atom stereocenters. The van der Waals surface area contributed by atoms with E-state index < -0.39 is 0 Å². The van der Waals surface area contributed by atoms with Crippen LogP contribution in [-0.4, -0.2) is 33.5 Å². The largest absolute Gasteiger partial charge is 0.497 e. The van der Waals surface area contributed by atoms with Gasteiger partial charge in [-0.3, -0.25) is 9.36 Å². The topological polar surface area (TPSA) is 69.0 Å². The van der Waals surface area contributed by atoms with Crippen molar-refractivity contribution in [3.8, 4) is 22.8 Å². The molecule has 0 saturated heterocycles. The highest BCUT2D eigenvalue weighted by Crippen LogP contribution is 2.33. The van der Waals surface area contributed by atoms with E-state index in [2.05, 4.69) is 41.5 Å². The Labute approximate surface area is 210 Å². The van der Waals surface area contributed by atoms with Crippen LogP contribution in [-0.2, 0) is 4.79 Å². The van der Waals surface area contributed by atoms with Crippen molar-refractivity contribution in [3.63, 3.8) is 0 Å². The Hall–Kier alpha value is -3.58. The lowest BCUT2D eigenvalue weighted by atomic mass is 10.0. The van der Waals surface area contributed by atoms with Crippen molar-refractivity contribution in [1.29, 1.82) is 0 Å². The molecule has 1 aromatic heterocycles. The van der Waals surface area contributed by atoms with E-state index in [1.54, 1.807) is 7.11 Å². The Bertz CT molecular complexity index is 1310. The number of nitrogens with one attached hydrogen (secondary N) is 1. The molecule has 0 fully saturated rings. The normalized spacial score (nSPS) is 11.0. The number of carbonyl (C=O) groups is 1. The van der Waals surface area contributed by atoms with E-state index >= 15 is 0 Å². The number of benzene rings is 3. The molecule has 0 bridgehead atoms. The minimum atomic E-state index is -0.0786. The fourth-order valence-corrected chi connectivity index (χ4v) is 4.75. The van der Waals surface area contributed by atoms with Gasteiger partial charge in [-0.2, -0.15) is 0 Å². The number of hydrogen-bond donors (Lipinski definition) is 1. The van der Waals surface area contributed by atoms with E-state index in [0.29, 0.717) is 11.1 Å². The number of para-hydroxylation sites is 2. The first-order valence-electron chi connectivity index (χ1n) is 11.6. The van der Waals surface area contributed by atoms with Crippen molar-refractivity contribution in [3.05, 3.63) is 83.4 Å². The molecule has 180 valence electrons. The summed E-state index contributed by atoms with van der Waals surface area (Å²) in [5.41, 5.74) is 6.06. The van der Waals surface area contributed by atoms with Crippen molar-refractivity contribution in [2.75, 3.05) is 18.2 Å². The van der Waals surface area contributed by atoms with Crippen LogP contribution < -0.4 is 10.1 Å². The molecule has 7 heteroatoms. The second-order valence-corrected chi connectivity index (χ2v) is 9.63. The summed E-state index contributed by atoms with van der Waals surface area (Å²) in [6.45, 7) is 8.33. The van der Waals surface area contributed by atoms with Gasteiger partial charge in [0, 0.05) is 11.3 Å². The molecule has 4 rings (SSSR count). The first kappa shape index (κ1) is 24.5. The van der Waals surface area contributed by atoms with Gasteiger partial charge in [-0.05, 0) is 66.8 Å². The van der Waals surface area contributed by atoms with Crippen LogP contribution in [0.2, 0.25) is 0 Å². The van der Waals surface area contributed by atoms with Crippen LogP contribution in [0.3, 0.4) is 0 Å². The highest BCUT2D eigenvalue weighted by atomic mass is 32.2. The van der Waals surface area contributed by atoms with Gasteiger partial charge in [0.2, 0.25) is 5.91 Å². The maximum absolute atomic E-state index is 12.9. The molecule has 1 N–H and O–H groups in total. The minimum absolute atomic E-state index is 0.0786. The minimum Gasteiger partial charge on any atom is -0.497 e. The van der Waals surface area contributed by atoms with Crippen molar-refractivity contribution in [1.82, 2.24) is 14.8 Å². The Kier molecular flexibility index (Phi) is 7.56. The zero-order chi connectivity index (χ0) is 24.9. The third kappa shape index (κ3) is 5.41. The molecular formula is C28H30N4O2S. The Morgan fingerprint density at radius 3 is 2.31 bits per heavy atom. The Balaban J connectivity index is 1.68. The fraction of sp³-hybridized carbons (Fsp3) is 0.250. The van der Waals surface area contributed by atoms with Crippen LogP contribution in [0.5, 0.6) is 5.75 Å². The van der Waals surface area contributed by atoms with Gasteiger partial charge in [0.15, 0.2) is 11.0 Å². The lowest BCUT2D eigenvalue weighted by Gasteiger charge is -2.17. The highest BCUT2D eigenvalue weighted by molar-refractivity contribution is 7.99. The number of anilines is 1. The third-order valence-electron chi connectivity index (χ3n) is 5.86. The molecule has 0 atom stereocenters. The third-order valence-corrected chi connectivity index (χ3v) is 6.79. The number of carbonyl (C=O) groups excluding carboxylic acids is 1. The Morgan fingerprint density at radius 1 is 0.971 bits per heavy atom. The number of nitrogens with zero attached hydrogens (tertiary/aromatic N) is 3. The summed E-state index contributed by atoms with van der Waals surface area (Å²) in [6, 6.07) is 22.0. The predicted octanol–water partition coefficient (Wildman–Crippen LogP) is 6.41. The molecule has 0 spiro atoms. The van der Waals surface area contributed by atoms with Crippen LogP contribution in [0, 0.1) is 13.8 Å². The van der Waals surface area contributed by atoms with E-state index in [1.165, 1.54) is 17.3 Å². The molecule has 35 heavy (non-hydrogen) atoms. The first-order valence-corrected chi connectivity index (χ1v) is 12.6. The number of hydrogen-bond acceptors (Lipinski definition) is 5. The van der Waals surface area contributed by atoms with Crippen LogP contribution >= 0.6 is 11.8 Å². The molecule has 1 heterocycles. The monoisotopic (exact) mass is 486 g/mol. The van der Waals surface area contributed by atoms with Crippen molar-refractivity contribution < 1.29 is 9.53 Å². The number of aryl methyl sites for hydroxylation is 2. The van der Waals surface area contributed by atoms with Gasteiger partial charge >= 0.3 is 0 Å². The van der Waals surface area contributed by atoms with E-state index in [9.17, 15) is 4.79 Å².